The molecule has 3 amide bonds. The lowest BCUT2D eigenvalue weighted by molar-refractivity contribution is -0.181. The molecule has 3 aliphatic rings. The predicted octanol–water partition coefficient (Wildman–Crippen LogP) is 0.586. The highest BCUT2D eigenvalue weighted by atomic mass is 16.5. The maximum atomic E-state index is 14.1. The monoisotopic (exact) mass is 621 g/mol. The van der Waals surface area contributed by atoms with Gasteiger partial charge in [-0.05, 0) is 68.8 Å². The average Bonchev–Trinajstić information content (AvgIpc) is 2.96. The number of ketones is 4. The molecule has 0 heterocycles. The van der Waals surface area contributed by atoms with Crippen molar-refractivity contribution in [2.75, 3.05) is 50.8 Å². The number of carbonyl (C=O) groups excluding carboxylic acids is 6. The van der Waals surface area contributed by atoms with Gasteiger partial charge in [-0.1, -0.05) is 0 Å². The van der Waals surface area contributed by atoms with E-state index < -0.39 is 76.1 Å². The molecule has 6 atom stereocenters. The molecule has 0 bridgehead atoms. The smallest absolute Gasteiger partial charge is 0.323 e. The molecule has 6 N–H and O–H groups in total. The van der Waals surface area contributed by atoms with Crippen LogP contribution in [0.25, 0.3) is 0 Å². The van der Waals surface area contributed by atoms with Crippen molar-refractivity contribution in [1.82, 2.24) is 4.90 Å². The summed E-state index contributed by atoms with van der Waals surface area (Å²) in [6, 6.07) is 6.09. The number of Topliss-reactive ketones (excluding diaryl/α,β-unsaturated/α-hetero) is 4. The molecule has 0 saturated heterocycles. The Balaban J connectivity index is 1.55. The van der Waals surface area contributed by atoms with E-state index in [2.05, 4.69) is 10.6 Å². The molecule has 3 aliphatic carbocycles. The highest BCUT2D eigenvalue weighted by molar-refractivity contribution is 6.32. The first-order valence-corrected chi connectivity index (χ1v) is 14.3. The lowest BCUT2D eigenvalue weighted by atomic mass is 9.52. The first kappa shape index (κ1) is 31.6. The van der Waals surface area contributed by atoms with E-state index in [0.717, 1.165) is 0 Å². The molecule has 2 unspecified atom stereocenters. The molecular weight excluding hydrogens is 586 g/mol. The Morgan fingerprint density at radius 1 is 1.02 bits per heavy atom. The Hall–Kier alpha value is -4.82. The zero-order valence-electron chi connectivity index (χ0n) is 25.4. The lowest BCUT2D eigenvalue weighted by Gasteiger charge is -2.52. The van der Waals surface area contributed by atoms with E-state index in [-0.39, 0.29) is 24.1 Å². The maximum absolute atomic E-state index is 14.1. The Morgan fingerprint density at radius 2 is 1.67 bits per heavy atom. The third kappa shape index (κ3) is 4.90. The highest BCUT2D eigenvalue weighted by Gasteiger charge is 2.69. The fourth-order valence-corrected chi connectivity index (χ4v) is 7.11. The number of anilines is 3. The number of hydrogen-bond acceptors (Lipinski definition) is 11. The number of aliphatic hydroxyl groups is 1. The summed E-state index contributed by atoms with van der Waals surface area (Å²) in [4.78, 5) is 83.1. The maximum Gasteiger partial charge on any atom is 0.323 e. The van der Waals surface area contributed by atoms with Gasteiger partial charge in [0.25, 0.3) is 0 Å². The molecule has 14 nitrogen and oxygen atoms in total. The molecular formula is C31H35N5O9. The Morgan fingerprint density at radius 3 is 2.22 bits per heavy atom. The second-order valence-corrected chi connectivity index (χ2v) is 12.1. The number of hydrogen-bond donors (Lipinski definition) is 5. The molecule has 45 heavy (non-hydrogen) atoms. The van der Waals surface area contributed by atoms with Gasteiger partial charge in [0.1, 0.15) is 11.5 Å². The van der Waals surface area contributed by atoms with E-state index in [1.54, 1.807) is 43.3 Å². The van der Waals surface area contributed by atoms with Gasteiger partial charge in [-0.15, -0.1) is 0 Å². The van der Waals surface area contributed by atoms with E-state index in [4.69, 9.17) is 10.5 Å². The van der Waals surface area contributed by atoms with Gasteiger partial charge in [0.15, 0.2) is 34.7 Å². The van der Waals surface area contributed by atoms with Crippen LogP contribution in [-0.4, -0.2) is 97.1 Å². The number of likely N-dealkylation sites (N-methyl/N-ethyl adjacent to an activating group) is 1. The van der Waals surface area contributed by atoms with Gasteiger partial charge in [0.2, 0.25) is 5.91 Å². The summed E-state index contributed by atoms with van der Waals surface area (Å²) in [7, 11) is 7.97. The van der Waals surface area contributed by atoms with Crippen LogP contribution >= 0.6 is 0 Å². The summed E-state index contributed by atoms with van der Waals surface area (Å²) in [5, 5.41) is 28.3. The summed E-state index contributed by atoms with van der Waals surface area (Å²) >= 11 is 0. The van der Waals surface area contributed by atoms with Crippen molar-refractivity contribution >= 4 is 52.1 Å². The molecule has 2 aromatic rings. The summed E-state index contributed by atoms with van der Waals surface area (Å²) < 4.78 is 5.11. The van der Waals surface area contributed by atoms with Crippen molar-refractivity contribution < 1.29 is 43.7 Å². The zero-order chi connectivity index (χ0) is 33.1. The molecule has 14 heteroatoms. The normalized spacial score (nSPS) is 27.3. The third-order valence-electron chi connectivity index (χ3n) is 9.12. The van der Waals surface area contributed by atoms with Crippen LogP contribution in [0.1, 0.15) is 22.3 Å². The van der Waals surface area contributed by atoms with E-state index in [9.17, 15) is 39.0 Å². The Bertz CT molecular complexity index is 1640. The topological polar surface area (TPSA) is 209 Å². The summed E-state index contributed by atoms with van der Waals surface area (Å²) in [6.45, 7) is 0. The fraction of sp³-hybridized carbons (Fsp3) is 0.419. The average molecular weight is 622 g/mol. The number of nitrogens with one attached hydrogen (secondary N) is 2. The number of aromatic hydroxyl groups is 1. The number of nitrogens with zero attached hydrogens (tertiary/aromatic N) is 2. The van der Waals surface area contributed by atoms with Crippen molar-refractivity contribution in [3.05, 3.63) is 41.5 Å². The number of phenols is 1. The van der Waals surface area contributed by atoms with Gasteiger partial charge < -0.3 is 36.2 Å². The minimum atomic E-state index is -2.83. The van der Waals surface area contributed by atoms with Gasteiger partial charge in [-0.3, -0.25) is 28.9 Å². The van der Waals surface area contributed by atoms with Crippen LogP contribution in [0.4, 0.5) is 21.9 Å². The predicted molar refractivity (Wildman–Crippen MR) is 161 cm³/mol. The summed E-state index contributed by atoms with van der Waals surface area (Å²) in [6.07, 6.45) is 0.0209. The van der Waals surface area contributed by atoms with Crippen LogP contribution in [0.5, 0.6) is 11.5 Å². The minimum Gasteiger partial charge on any atom is -0.505 e. The number of methoxy groups -OCH3 is 1. The largest absolute Gasteiger partial charge is 0.505 e. The van der Waals surface area contributed by atoms with Crippen LogP contribution in [0.2, 0.25) is 0 Å². The molecule has 2 fully saturated rings. The molecule has 2 saturated carbocycles. The van der Waals surface area contributed by atoms with Crippen LogP contribution < -0.4 is 26.0 Å². The number of nitrogens with two attached hydrogens (primary N) is 1. The number of phenolic OH excluding ortho intramolecular Hbond substituents is 1. The quantitative estimate of drug-likeness (QED) is 0.223. The number of primary amides is 1. The second-order valence-electron chi connectivity index (χ2n) is 12.1. The number of benzene rings is 2. The van der Waals surface area contributed by atoms with Crippen LogP contribution in [-0.2, 0) is 25.6 Å². The van der Waals surface area contributed by atoms with E-state index in [0.29, 0.717) is 22.7 Å². The molecule has 0 aromatic heterocycles. The first-order valence-electron chi connectivity index (χ1n) is 14.3. The molecule has 238 valence electrons. The highest BCUT2D eigenvalue weighted by Crippen LogP contribution is 2.52. The molecule has 5 rings (SSSR count). The number of amides is 3. The number of urea groups is 1. The second kappa shape index (κ2) is 11.3. The van der Waals surface area contributed by atoms with Gasteiger partial charge in [-0.2, -0.15) is 0 Å². The third-order valence-corrected chi connectivity index (χ3v) is 9.12. The summed E-state index contributed by atoms with van der Waals surface area (Å²) in [5.41, 5.74) is 3.52. The summed E-state index contributed by atoms with van der Waals surface area (Å²) in [5.74, 6) is -11.0. The van der Waals surface area contributed by atoms with Crippen molar-refractivity contribution in [3.8, 4) is 11.5 Å². The Kier molecular flexibility index (Phi) is 7.92. The number of rotatable bonds is 6. The van der Waals surface area contributed by atoms with Crippen molar-refractivity contribution in [2.24, 2.45) is 29.4 Å². The van der Waals surface area contributed by atoms with E-state index in [1.807, 2.05) is 0 Å². The van der Waals surface area contributed by atoms with Crippen LogP contribution in [0.15, 0.2) is 30.3 Å². The number of fused-ring (bicyclic) bond motifs is 3. The Labute approximate surface area is 258 Å². The van der Waals surface area contributed by atoms with Gasteiger partial charge in [0, 0.05) is 31.4 Å². The molecule has 0 spiro atoms. The number of carbonyl (C=O) groups is 6. The zero-order valence-corrected chi connectivity index (χ0v) is 25.4. The van der Waals surface area contributed by atoms with Gasteiger partial charge in [-0.25, -0.2) is 4.79 Å². The molecule has 0 radical (unpaired) electrons. The minimum absolute atomic E-state index is 0.0677. The lowest BCUT2D eigenvalue weighted by Crippen LogP contribution is -2.74. The van der Waals surface area contributed by atoms with Crippen molar-refractivity contribution in [1.29, 1.82) is 0 Å². The number of ether oxygens (including phenoxy) is 1. The van der Waals surface area contributed by atoms with E-state index >= 15 is 0 Å². The van der Waals surface area contributed by atoms with Gasteiger partial charge in [0.05, 0.1) is 30.3 Å². The van der Waals surface area contributed by atoms with Crippen LogP contribution in [0, 0.1) is 23.7 Å². The van der Waals surface area contributed by atoms with E-state index in [1.165, 1.54) is 32.2 Å². The SMILES string of the molecule is COc1ccc(NC(=O)Nc2cc(N(C)C)c3c(c2O)C(=O)C2C(=O)[C@]4(O)C(=O)C(C(N)=O)C(=O)[C@H](N(C)C)[C@@H]4C[C@@H]2C3)cc1. The molecule has 2 aromatic carbocycles. The first-order chi connectivity index (χ1) is 21.1. The van der Waals surface area contributed by atoms with Crippen LogP contribution in [0.3, 0.4) is 0 Å². The van der Waals surface area contributed by atoms with Crippen molar-refractivity contribution in [3.63, 3.8) is 0 Å². The van der Waals surface area contributed by atoms with Crippen molar-refractivity contribution in [2.45, 2.75) is 24.5 Å². The molecule has 0 aliphatic heterocycles. The standard InChI is InChI=1S/C31H35N5O9/c1-35(2)19-12-18(34-30(43)33-14-6-8-15(45-5)9-7-14)24(37)21-16(19)10-13-11-17-23(36(3)4)26(39)22(29(32)42)28(41)31(17,44)27(40)20(13)25(21)38/h6-9,12-13,17,20,22-23,37,44H,10-11H2,1-5H3,(H2,32,42)(H2,33,34,43)/t13-,17-,20?,22?,23+,31-/m0/s1. The van der Waals surface area contributed by atoms with Gasteiger partial charge >= 0.3 is 6.03 Å². The fourth-order valence-electron chi connectivity index (χ4n) is 7.11.